The maximum Gasteiger partial charge on any atom is 0.416 e. The predicted molar refractivity (Wildman–Crippen MR) is 129 cm³/mol. The molecule has 0 saturated carbocycles. The van der Waals surface area contributed by atoms with E-state index in [9.17, 15) is 18.0 Å². The molecule has 0 spiro atoms. The van der Waals surface area contributed by atoms with Crippen LogP contribution in [0.4, 0.5) is 13.2 Å². The molecule has 7 nitrogen and oxygen atoms in total. The Bertz CT molecular complexity index is 1250. The number of hydrogen-bond donors (Lipinski definition) is 2. The molecule has 1 atom stereocenters. The number of thiazole rings is 1. The molecule has 3 aromatic rings. The lowest BCUT2D eigenvalue weighted by Gasteiger charge is -2.09. The highest BCUT2D eigenvalue weighted by Crippen LogP contribution is 2.34. The summed E-state index contributed by atoms with van der Waals surface area (Å²) in [4.78, 5) is 21.2. The summed E-state index contributed by atoms with van der Waals surface area (Å²) < 4.78 is 44.7. The Balaban J connectivity index is 1.50. The van der Waals surface area contributed by atoms with Gasteiger partial charge in [0.25, 0.3) is 6.23 Å². The Labute approximate surface area is 213 Å². The maximum absolute atomic E-state index is 12.9. The summed E-state index contributed by atoms with van der Waals surface area (Å²) in [5, 5.41) is 16.6. The molecule has 2 aromatic carbocycles. The van der Waals surface area contributed by atoms with Gasteiger partial charge in [0.05, 0.1) is 21.2 Å². The van der Waals surface area contributed by atoms with Crippen LogP contribution in [0.25, 0.3) is 10.6 Å². The fourth-order valence-corrected chi connectivity index (χ4v) is 4.72. The van der Waals surface area contributed by atoms with Gasteiger partial charge in [-0.1, -0.05) is 28.9 Å². The quantitative estimate of drug-likeness (QED) is 0.272. The van der Waals surface area contributed by atoms with Crippen LogP contribution < -0.4 is 10.1 Å². The number of carbonyl (C=O) groups is 1. The average molecular weight is 540 g/mol. The number of unbranched alkanes of at least 4 members (excludes halogenated alkanes) is 1. The molecule has 12 heteroatoms. The molecule has 2 N–H and O–H groups in total. The molecule has 0 bridgehead atoms. The Morgan fingerprint density at radius 2 is 1.97 bits per heavy atom. The van der Waals surface area contributed by atoms with Crippen molar-refractivity contribution in [2.24, 2.45) is 5.16 Å². The molecule has 190 valence electrons. The zero-order chi connectivity index (χ0) is 25.7. The van der Waals surface area contributed by atoms with Gasteiger partial charge >= 0.3 is 6.18 Å². The van der Waals surface area contributed by atoms with E-state index in [0.717, 1.165) is 22.7 Å². The van der Waals surface area contributed by atoms with Gasteiger partial charge < -0.3 is 20.0 Å². The van der Waals surface area contributed by atoms with Crippen molar-refractivity contribution in [1.29, 1.82) is 0 Å². The highest BCUT2D eigenvalue weighted by molar-refractivity contribution is 7.15. The normalized spacial score (nSPS) is 15.2. The topological polar surface area (TPSA) is 93.0 Å². The summed E-state index contributed by atoms with van der Waals surface area (Å²) in [5.41, 5.74) is 1.17. The Morgan fingerprint density at radius 1 is 1.19 bits per heavy atom. The fraction of sp³-hybridized carbons (Fsp3) is 0.292. The third kappa shape index (κ3) is 6.15. The van der Waals surface area contributed by atoms with E-state index in [-0.39, 0.29) is 13.2 Å². The molecule has 0 radical (unpaired) electrons. The van der Waals surface area contributed by atoms with E-state index in [1.807, 2.05) is 0 Å². The van der Waals surface area contributed by atoms with Crippen LogP contribution in [-0.4, -0.2) is 35.0 Å². The first-order valence-electron chi connectivity index (χ1n) is 10.9. The van der Waals surface area contributed by atoms with Crippen molar-refractivity contribution in [1.82, 2.24) is 10.3 Å². The van der Waals surface area contributed by atoms with Crippen LogP contribution >= 0.6 is 22.9 Å². The van der Waals surface area contributed by atoms with Crippen LogP contribution in [0.3, 0.4) is 0 Å². The van der Waals surface area contributed by atoms with E-state index in [2.05, 4.69) is 15.5 Å². The summed E-state index contributed by atoms with van der Waals surface area (Å²) in [6.07, 6.45) is -2.78. The minimum absolute atomic E-state index is 0.0609. The number of aryl methyl sites for hydroxylation is 1. The largest absolute Gasteiger partial charge is 0.488 e. The first-order valence-corrected chi connectivity index (χ1v) is 12.1. The van der Waals surface area contributed by atoms with E-state index in [1.165, 1.54) is 23.5 Å². The first-order chi connectivity index (χ1) is 17.3. The molecular weight excluding hydrogens is 519 g/mol. The molecule has 1 aliphatic heterocycles. The summed E-state index contributed by atoms with van der Waals surface area (Å²) in [5.74, 6) is 0.819. The Kier molecular flexibility index (Phi) is 8.12. The van der Waals surface area contributed by atoms with Gasteiger partial charge in [-0.3, -0.25) is 4.79 Å². The summed E-state index contributed by atoms with van der Waals surface area (Å²) in [6, 6.07) is 9.87. The van der Waals surface area contributed by atoms with Crippen molar-refractivity contribution in [3.8, 4) is 16.3 Å². The van der Waals surface area contributed by atoms with E-state index >= 15 is 0 Å². The second-order valence-corrected chi connectivity index (χ2v) is 9.31. The number of ether oxygens (including phenoxy) is 1. The number of aliphatic hydroxyl groups is 1. The minimum Gasteiger partial charge on any atom is -0.488 e. The summed E-state index contributed by atoms with van der Waals surface area (Å²) in [7, 11) is 0. The number of hydrogen-bond acceptors (Lipinski definition) is 8. The van der Waals surface area contributed by atoms with Crippen molar-refractivity contribution in [2.45, 2.75) is 38.3 Å². The van der Waals surface area contributed by atoms with Crippen molar-refractivity contribution in [3.05, 3.63) is 69.2 Å². The lowest BCUT2D eigenvalue weighted by molar-refractivity contribution is -0.137. The van der Waals surface area contributed by atoms with Crippen LogP contribution in [0.5, 0.6) is 5.75 Å². The number of benzene rings is 2. The highest BCUT2D eigenvalue weighted by atomic mass is 35.5. The molecular formula is C24H21ClF3N3O4S. The van der Waals surface area contributed by atoms with Gasteiger partial charge in [0.2, 0.25) is 0 Å². The van der Waals surface area contributed by atoms with E-state index in [4.69, 9.17) is 26.3 Å². The molecule has 1 aromatic heterocycles. The smallest absolute Gasteiger partial charge is 0.416 e. The number of nitrogens with zero attached hydrogens (tertiary/aromatic N) is 2. The second kappa shape index (κ2) is 11.3. The van der Waals surface area contributed by atoms with Gasteiger partial charge in [-0.25, -0.2) is 4.98 Å². The number of aldehydes is 1. The number of amidine groups is 1. The molecule has 2 heterocycles. The molecule has 0 saturated heterocycles. The zero-order valence-corrected chi connectivity index (χ0v) is 20.3. The summed E-state index contributed by atoms with van der Waals surface area (Å²) >= 11 is 7.71. The van der Waals surface area contributed by atoms with Gasteiger partial charge in [-0.2, -0.15) is 13.2 Å². The van der Waals surface area contributed by atoms with Gasteiger partial charge in [-0.15, -0.1) is 11.3 Å². The van der Waals surface area contributed by atoms with E-state index < -0.39 is 18.0 Å². The van der Waals surface area contributed by atoms with Crippen LogP contribution in [0, 0.1) is 0 Å². The third-order valence-corrected chi connectivity index (χ3v) is 6.72. The molecule has 0 amide bonds. The fourth-order valence-electron chi connectivity index (χ4n) is 3.43. The molecule has 0 fully saturated rings. The van der Waals surface area contributed by atoms with Crippen molar-refractivity contribution in [2.75, 3.05) is 6.61 Å². The van der Waals surface area contributed by atoms with Crippen LogP contribution in [-0.2, 0) is 28.8 Å². The number of rotatable bonds is 10. The Morgan fingerprint density at radius 3 is 2.61 bits per heavy atom. The number of halogens is 4. The molecule has 4 rings (SSSR count). The SMILES string of the molecule is O=CC1NC(c2ccc(OCc3sc(-c4ccc(C(F)(F)F)cc4)nc3CCCCO)cc2Cl)=NO1. The second-order valence-electron chi connectivity index (χ2n) is 7.82. The van der Waals surface area contributed by atoms with Gasteiger partial charge in [0.1, 0.15) is 17.4 Å². The lowest BCUT2D eigenvalue weighted by atomic mass is 10.1. The number of alkyl halides is 3. The number of oxime groups is 1. The van der Waals surface area contributed by atoms with Gasteiger partial charge in [-0.05, 0) is 49.6 Å². The standard InChI is InChI=1S/C24H21ClF3N3O4S/c25-18-11-16(8-9-17(18)22-30-21(12-33)35-31-22)34-13-20-19(3-1-2-10-32)29-23(36-20)14-4-6-15(7-5-14)24(26,27)28/h4-9,11-12,21,32H,1-3,10,13H2,(H,30,31). The van der Waals surface area contributed by atoms with E-state index in [1.54, 1.807) is 18.2 Å². The van der Waals surface area contributed by atoms with Crippen molar-refractivity contribution in [3.63, 3.8) is 0 Å². The number of carbonyl (C=O) groups excluding carboxylic acids is 1. The molecule has 0 aliphatic carbocycles. The molecule has 36 heavy (non-hydrogen) atoms. The predicted octanol–water partition coefficient (Wildman–Crippen LogP) is 5.18. The van der Waals surface area contributed by atoms with E-state index in [0.29, 0.717) is 58.3 Å². The Hall–Kier alpha value is -3.15. The lowest BCUT2D eigenvalue weighted by Crippen LogP contribution is -2.31. The van der Waals surface area contributed by atoms with Crippen LogP contribution in [0.2, 0.25) is 5.02 Å². The number of nitrogens with one attached hydrogen (secondary N) is 1. The maximum atomic E-state index is 12.9. The number of aromatic nitrogens is 1. The summed E-state index contributed by atoms with van der Waals surface area (Å²) in [6.45, 7) is 0.239. The number of aliphatic hydroxyl groups excluding tert-OH is 1. The highest BCUT2D eigenvalue weighted by Gasteiger charge is 2.30. The molecule has 1 unspecified atom stereocenters. The average Bonchev–Trinajstić information content (AvgIpc) is 3.50. The van der Waals surface area contributed by atoms with Gasteiger partial charge in [0.15, 0.2) is 12.1 Å². The van der Waals surface area contributed by atoms with Gasteiger partial charge in [0, 0.05) is 17.7 Å². The van der Waals surface area contributed by atoms with Crippen molar-refractivity contribution < 1.29 is 32.6 Å². The monoisotopic (exact) mass is 539 g/mol. The third-order valence-electron chi connectivity index (χ3n) is 5.28. The zero-order valence-electron chi connectivity index (χ0n) is 18.7. The first kappa shape index (κ1) is 25.9. The molecule has 1 aliphatic rings. The van der Waals surface area contributed by atoms with Crippen LogP contribution in [0.15, 0.2) is 47.6 Å². The minimum atomic E-state index is -4.41. The van der Waals surface area contributed by atoms with Crippen molar-refractivity contribution >= 4 is 35.1 Å². The van der Waals surface area contributed by atoms with Crippen LogP contribution in [0.1, 0.15) is 34.5 Å².